The summed E-state index contributed by atoms with van der Waals surface area (Å²) in [4.78, 5) is 16.7. The Bertz CT molecular complexity index is 641. The average molecular weight is 331 g/mol. The molecule has 1 rings (SSSR count). The maximum atomic E-state index is 12.4. The van der Waals surface area contributed by atoms with E-state index in [4.69, 9.17) is 14.3 Å². The van der Waals surface area contributed by atoms with Gasteiger partial charge in [0.1, 0.15) is 11.3 Å². The van der Waals surface area contributed by atoms with Gasteiger partial charge in [0, 0.05) is 7.05 Å². The van der Waals surface area contributed by atoms with Crippen LogP contribution in [0.5, 0.6) is 5.75 Å². The largest absolute Gasteiger partial charge is 0.493 e. The van der Waals surface area contributed by atoms with E-state index in [-0.39, 0.29) is 22.8 Å². The van der Waals surface area contributed by atoms with E-state index < -0.39 is 16.0 Å². The molecule has 0 radical (unpaired) electrons. The highest BCUT2D eigenvalue weighted by Gasteiger charge is 2.27. The molecule has 0 heterocycles. The number of esters is 1. The van der Waals surface area contributed by atoms with Gasteiger partial charge < -0.3 is 9.47 Å². The quantitative estimate of drug-likeness (QED) is 0.559. The highest BCUT2D eigenvalue weighted by atomic mass is 32.2. The van der Waals surface area contributed by atoms with E-state index in [0.29, 0.717) is 12.2 Å². The molecule has 124 valence electrons. The minimum absolute atomic E-state index is 0.0386. The summed E-state index contributed by atoms with van der Waals surface area (Å²) < 4.78 is 35.9. The number of carbonyl (C=O) groups is 1. The lowest BCUT2D eigenvalue weighted by Crippen LogP contribution is -2.26. The fraction of sp³-hybridized carbons (Fsp3) is 0.500. The van der Waals surface area contributed by atoms with Gasteiger partial charge in [-0.05, 0) is 38.5 Å². The predicted molar refractivity (Wildman–Crippen MR) is 80.3 cm³/mol. The molecule has 0 atom stereocenters. The van der Waals surface area contributed by atoms with Crippen LogP contribution in [0.4, 0.5) is 0 Å². The van der Waals surface area contributed by atoms with E-state index in [9.17, 15) is 13.2 Å². The molecule has 0 N–H and O–H groups in total. The Hall–Kier alpha value is -1.64. The standard InChI is InChI=1S/C14H21NO6S/c1-6-20-12-8-10(3)13(22(17,18)15(4)19-5)9-11(12)14(16)21-7-2/h8-9H,6-7H2,1-5H3. The van der Waals surface area contributed by atoms with Gasteiger partial charge in [-0.1, -0.05) is 4.47 Å². The molecule has 0 aromatic heterocycles. The van der Waals surface area contributed by atoms with Crippen LogP contribution in [0.2, 0.25) is 0 Å². The summed E-state index contributed by atoms with van der Waals surface area (Å²) in [6.45, 7) is 5.58. The van der Waals surface area contributed by atoms with Gasteiger partial charge in [-0.25, -0.2) is 13.2 Å². The molecule has 0 unspecified atom stereocenters. The smallest absolute Gasteiger partial charge is 0.341 e. The third kappa shape index (κ3) is 3.76. The first-order valence-electron chi connectivity index (χ1n) is 6.77. The fourth-order valence-electron chi connectivity index (χ4n) is 1.82. The normalized spacial score (nSPS) is 11.5. The lowest BCUT2D eigenvalue weighted by molar-refractivity contribution is -0.0259. The maximum Gasteiger partial charge on any atom is 0.341 e. The number of nitrogens with zero attached hydrogens (tertiary/aromatic N) is 1. The Kier molecular flexibility index (Phi) is 6.34. The molecule has 0 bridgehead atoms. The maximum absolute atomic E-state index is 12.4. The highest BCUT2D eigenvalue weighted by molar-refractivity contribution is 7.89. The number of benzene rings is 1. The molecule has 0 spiro atoms. The zero-order chi connectivity index (χ0) is 16.9. The van der Waals surface area contributed by atoms with Crippen molar-refractivity contribution in [2.45, 2.75) is 25.7 Å². The number of aryl methyl sites for hydroxylation is 1. The molecular formula is C14H21NO6S. The van der Waals surface area contributed by atoms with Gasteiger partial charge in [0.2, 0.25) is 0 Å². The van der Waals surface area contributed by atoms with Crippen molar-refractivity contribution in [2.75, 3.05) is 27.4 Å². The van der Waals surface area contributed by atoms with Crippen molar-refractivity contribution in [3.8, 4) is 5.75 Å². The van der Waals surface area contributed by atoms with E-state index >= 15 is 0 Å². The van der Waals surface area contributed by atoms with E-state index in [1.807, 2.05) is 0 Å². The zero-order valence-corrected chi connectivity index (χ0v) is 14.2. The Labute approximate surface area is 130 Å². The molecule has 0 fully saturated rings. The zero-order valence-electron chi connectivity index (χ0n) is 13.4. The third-order valence-corrected chi connectivity index (χ3v) is 4.77. The van der Waals surface area contributed by atoms with Crippen molar-refractivity contribution in [1.82, 2.24) is 4.47 Å². The molecule has 22 heavy (non-hydrogen) atoms. The van der Waals surface area contributed by atoms with Crippen molar-refractivity contribution in [3.63, 3.8) is 0 Å². The molecule has 0 aliphatic heterocycles. The minimum atomic E-state index is -3.87. The van der Waals surface area contributed by atoms with E-state index in [1.54, 1.807) is 20.8 Å². The Morgan fingerprint density at radius 1 is 1.23 bits per heavy atom. The fourth-order valence-corrected chi connectivity index (χ4v) is 3.03. The van der Waals surface area contributed by atoms with Crippen LogP contribution < -0.4 is 4.74 Å². The predicted octanol–water partition coefficient (Wildman–Crippen LogP) is 1.75. The van der Waals surface area contributed by atoms with Crippen molar-refractivity contribution >= 4 is 16.0 Å². The summed E-state index contributed by atoms with van der Waals surface area (Å²) in [5, 5.41) is 0. The van der Waals surface area contributed by atoms with Gasteiger partial charge in [-0.15, -0.1) is 0 Å². The van der Waals surface area contributed by atoms with Crippen LogP contribution in [0, 0.1) is 6.92 Å². The number of hydrogen-bond donors (Lipinski definition) is 0. The van der Waals surface area contributed by atoms with Crippen molar-refractivity contribution in [3.05, 3.63) is 23.3 Å². The number of rotatable bonds is 7. The number of ether oxygens (including phenoxy) is 2. The molecule has 0 saturated heterocycles. The van der Waals surface area contributed by atoms with Crippen LogP contribution in [0.15, 0.2) is 17.0 Å². The van der Waals surface area contributed by atoms with Gasteiger partial charge in [-0.3, -0.25) is 4.84 Å². The third-order valence-electron chi connectivity index (χ3n) is 2.95. The Morgan fingerprint density at radius 2 is 1.86 bits per heavy atom. The second-order valence-corrected chi connectivity index (χ2v) is 6.27. The van der Waals surface area contributed by atoms with E-state index in [1.165, 1.54) is 26.3 Å². The van der Waals surface area contributed by atoms with Crippen LogP contribution in [0.25, 0.3) is 0 Å². The van der Waals surface area contributed by atoms with Gasteiger partial charge in [0.25, 0.3) is 10.0 Å². The molecule has 0 saturated carbocycles. The number of carbonyl (C=O) groups excluding carboxylic acids is 1. The summed E-state index contributed by atoms with van der Waals surface area (Å²) in [6.07, 6.45) is 0. The molecule has 0 aliphatic rings. The van der Waals surface area contributed by atoms with Crippen LogP contribution in [0.1, 0.15) is 29.8 Å². The summed E-state index contributed by atoms with van der Waals surface area (Å²) in [5.41, 5.74) is 0.512. The van der Waals surface area contributed by atoms with Crippen LogP contribution >= 0.6 is 0 Å². The lowest BCUT2D eigenvalue weighted by Gasteiger charge is -2.18. The van der Waals surface area contributed by atoms with Crippen molar-refractivity contribution in [2.24, 2.45) is 0 Å². The first-order chi connectivity index (χ1) is 10.3. The van der Waals surface area contributed by atoms with Crippen molar-refractivity contribution in [1.29, 1.82) is 0 Å². The van der Waals surface area contributed by atoms with E-state index in [2.05, 4.69) is 0 Å². The first-order valence-corrected chi connectivity index (χ1v) is 8.21. The molecule has 1 aromatic carbocycles. The summed E-state index contributed by atoms with van der Waals surface area (Å²) in [7, 11) is -1.36. The van der Waals surface area contributed by atoms with Crippen molar-refractivity contribution < 1.29 is 27.5 Å². The summed E-state index contributed by atoms with van der Waals surface area (Å²) in [6, 6.07) is 2.76. The molecule has 0 aliphatic carbocycles. The van der Waals surface area contributed by atoms with Gasteiger partial charge in [0.15, 0.2) is 0 Å². The number of hydroxylamine groups is 1. The van der Waals surface area contributed by atoms with E-state index in [0.717, 1.165) is 4.47 Å². The second kappa shape index (κ2) is 7.57. The van der Waals surface area contributed by atoms with Crippen LogP contribution in [-0.2, 0) is 19.6 Å². The van der Waals surface area contributed by atoms with Gasteiger partial charge >= 0.3 is 5.97 Å². The monoisotopic (exact) mass is 331 g/mol. The van der Waals surface area contributed by atoms with Gasteiger partial charge in [0.05, 0.1) is 25.2 Å². The van der Waals surface area contributed by atoms with Crippen LogP contribution in [0.3, 0.4) is 0 Å². The first kappa shape index (κ1) is 18.4. The Balaban J connectivity index is 3.49. The molecule has 8 heteroatoms. The SMILES string of the molecule is CCOC(=O)c1cc(S(=O)(=O)N(C)OC)c(C)cc1OCC. The minimum Gasteiger partial charge on any atom is -0.493 e. The Morgan fingerprint density at radius 3 is 2.36 bits per heavy atom. The number of hydrogen-bond acceptors (Lipinski definition) is 6. The molecular weight excluding hydrogens is 310 g/mol. The van der Waals surface area contributed by atoms with Crippen LogP contribution in [-0.4, -0.2) is 46.2 Å². The highest BCUT2D eigenvalue weighted by Crippen LogP contribution is 2.29. The number of sulfonamides is 1. The van der Waals surface area contributed by atoms with Gasteiger partial charge in [-0.2, -0.15) is 0 Å². The molecule has 0 amide bonds. The molecule has 7 nitrogen and oxygen atoms in total. The lowest BCUT2D eigenvalue weighted by atomic mass is 10.1. The molecule has 1 aromatic rings. The summed E-state index contributed by atoms with van der Waals surface area (Å²) in [5.74, 6) is -0.347. The second-order valence-electron chi connectivity index (χ2n) is 4.36. The topological polar surface area (TPSA) is 82.1 Å². The average Bonchev–Trinajstić information content (AvgIpc) is 2.46. The summed E-state index contributed by atoms with van der Waals surface area (Å²) >= 11 is 0.